The molecule has 0 bridgehead atoms. The zero-order valence-electron chi connectivity index (χ0n) is 15.7. The van der Waals surface area contributed by atoms with E-state index in [1.165, 1.54) is 16.8 Å². The highest BCUT2D eigenvalue weighted by Gasteiger charge is 2.14. The van der Waals surface area contributed by atoms with Crippen molar-refractivity contribution < 1.29 is 16.4 Å². The molecule has 1 aromatic carbocycles. The Labute approximate surface area is 137 Å². The Morgan fingerprint density at radius 1 is 1.43 bits per heavy atom. The summed E-state index contributed by atoms with van der Waals surface area (Å²) in [6, 6.07) is 11.7. The summed E-state index contributed by atoms with van der Waals surface area (Å²) in [6.45, 7) is -2.59. The number of hydrogen-bond acceptors (Lipinski definition) is 3. The van der Waals surface area contributed by atoms with Crippen LogP contribution in [0.15, 0.2) is 53.3 Å². The average Bonchev–Trinajstić information content (AvgIpc) is 2.94. The summed E-state index contributed by atoms with van der Waals surface area (Å²) in [5.41, 5.74) is 0.721. The van der Waals surface area contributed by atoms with Crippen molar-refractivity contribution in [2.24, 2.45) is 0 Å². The van der Waals surface area contributed by atoms with Crippen LogP contribution < -0.4 is 0 Å². The maximum absolute atomic E-state index is 12.6. The fraction of sp³-hybridized carbons (Fsp3) is 0.125. The molecule has 21 heavy (non-hydrogen) atoms. The summed E-state index contributed by atoms with van der Waals surface area (Å²) in [4.78, 5) is 16.9. The van der Waals surface area contributed by atoms with Gasteiger partial charge in [0.1, 0.15) is 10.3 Å². The van der Waals surface area contributed by atoms with Gasteiger partial charge in [0, 0.05) is 29.7 Å². The van der Waals surface area contributed by atoms with E-state index in [9.17, 15) is 4.79 Å². The quantitative estimate of drug-likeness (QED) is 0.678. The van der Waals surface area contributed by atoms with Crippen LogP contribution >= 0.6 is 15.9 Å². The maximum Gasteiger partial charge on any atom is 0.263 e. The molecule has 0 spiro atoms. The lowest BCUT2D eigenvalue weighted by Crippen LogP contribution is -2.11. The summed E-state index contributed by atoms with van der Waals surface area (Å²) < 4.78 is 43.1. The number of carbonyl (C=O) groups is 1. The molecule has 3 aromatic rings. The Morgan fingerprint density at radius 3 is 3.00 bits per heavy atom. The van der Waals surface area contributed by atoms with Crippen molar-refractivity contribution >= 4 is 32.9 Å². The molecule has 0 radical (unpaired) electrons. The first kappa shape index (κ1) is 9.12. The van der Waals surface area contributed by atoms with Crippen LogP contribution in [0.2, 0.25) is 0 Å². The molecule has 0 aliphatic rings. The van der Waals surface area contributed by atoms with Crippen LogP contribution in [0.4, 0.5) is 0 Å². The van der Waals surface area contributed by atoms with Gasteiger partial charge in [-0.25, -0.2) is 4.98 Å². The summed E-state index contributed by atoms with van der Waals surface area (Å²) in [5, 5.41) is 0.477. The molecule has 0 N–H and O–H groups in total. The van der Waals surface area contributed by atoms with E-state index in [0.717, 1.165) is 0 Å². The molecule has 2 heterocycles. The number of fused-ring (bicyclic) bond motifs is 1. The number of carbonyl (C=O) groups excluding carboxylic acids is 1. The lowest BCUT2D eigenvalue weighted by atomic mass is 10.2. The predicted octanol–water partition coefficient (Wildman–Crippen LogP) is 3.63. The van der Waals surface area contributed by atoms with Crippen LogP contribution in [0, 0.1) is 0 Å². The zero-order chi connectivity index (χ0) is 19.1. The van der Waals surface area contributed by atoms with E-state index in [1.54, 1.807) is 36.4 Å². The van der Waals surface area contributed by atoms with E-state index in [1.807, 2.05) is 0 Å². The van der Waals surface area contributed by atoms with Crippen LogP contribution in [0.5, 0.6) is 0 Å². The molecule has 0 fully saturated rings. The van der Waals surface area contributed by atoms with Crippen LogP contribution in [0.1, 0.15) is 22.8 Å². The third-order valence-electron chi connectivity index (χ3n) is 3.02. The van der Waals surface area contributed by atoms with Crippen molar-refractivity contribution in [3.63, 3.8) is 0 Å². The largest absolute Gasteiger partial charge is 0.380 e. The van der Waals surface area contributed by atoms with Crippen molar-refractivity contribution in [3.05, 3.63) is 64.4 Å². The summed E-state index contributed by atoms with van der Waals surface area (Å²) in [6.07, 6.45) is 1.53. The number of hydrogen-bond donors (Lipinski definition) is 0. The van der Waals surface area contributed by atoms with Gasteiger partial charge in [0.05, 0.1) is 13.4 Å². The molecular formula is C16H13BrN2O2. The number of aromatic nitrogens is 2. The maximum atomic E-state index is 12.6. The first-order valence-corrected chi connectivity index (χ1v) is 6.86. The second kappa shape index (κ2) is 5.79. The second-order valence-corrected chi connectivity index (χ2v) is 5.05. The predicted molar refractivity (Wildman–Crippen MR) is 84.3 cm³/mol. The molecule has 5 heteroatoms. The second-order valence-electron chi connectivity index (χ2n) is 4.30. The highest BCUT2D eigenvalue weighted by molar-refractivity contribution is 9.10. The molecular weight excluding hydrogens is 332 g/mol. The first-order chi connectivity index (χ1) is 12.1. The van der Waals surface area contributed by atoms with Crippen LogP contribution in [-0.2, 0) is 11.3 Å². The Balaban J connectivity index is 2.06. The summed E-state index contributed by atoms with van der Waals surface area (Å²) in [5.74, 6) is -0.283. The van der Waals surface area contributed by atoms with Gasteiger partial charge in [0.2, 0.25) is 0 Å². The van der Waals surface area contributed by atoms with Gasteiger partial charge in [-0.15, -0.1) is 0 Å². The number of pyridine rings is 1. The molecule has 0 atom stereocenters. The Hall–Kier alpha value is -1.98. The molecule has 0 aliphatic heterocycles. The first-order valence-electron chi connectivity index (χ1n) is 8.56. The van der Waals surface area contributed by atoms with E-state index < -0.39 is 13.6 Å². The molecule has 0 aliphatic carbocycles. The fourth-order valence-electron chi connectivity index (χ4n) is 2.05. The van der Waals surface area contributed by atoms with Gasteiger partial charge in [-0.3, -0.25) is 9.36 Å². The van der Waals surface area contributed by atoms with E-state index >= 15 is 0 Å². The standard InChI is InChI=1S/C16H13BrN2O2/c1-21-10-13-9-12-7-8-19(15(12)18-14(13)17)16(20)11-5-3-2-4-6-11/h2-9H,10H2,1H3/i1D3,10D2. The van der Waals surface area contributed by atoms with Crippen LogP contribution in [0.25, 0.3) is 11.0 Å². The molecule has 0 saturated heterocycles. The van der Waals surface area contributed by atoms with Gasteiger partial charge in [0.15, 0.2) is 0 Å². The molecule has 0 unspecified atom stereocenters. The minimum atomic E-state index is -2.91. The zero-order valence-corrected chi connectivity index (χ0v) is 12.3. The number of nitrogens with zero attached hydrogens (tertiary/aromatic N) is 2. The fourth-order valence-corrected chi connectivity index (χ4v) is 2.41. The van der Waals surface area contributed by atoms with Gasteiger partial charge >= 0.3 is 0 Å². The molecule has 3 rings (SSSR count). The minimum Gasteiger partial charge on any atom is -0.380 e. The molecule has 4 nitrogen and oxygen atoms in total. The number of methoxy groups -OCH3 is 1. The third kappa shape index (κ3) is 2.62. The normalized spacial score (nSPS) is 15.8. The van der Waals surface area contributed by atoms with Crippen molar-refractivity contribution in [1.82, 2.24) is 9.55 Å². The molecule has 2 aromatic heterocycles. The lowest BCUT2D eigenvalue weighted by Gasteiger charge is -2.06. The van der Waals surface area contributed by atoms with E-state index in [0.29, 0.717) is 16.6 Å². The SMILES string of the molecule is [2H]C([2H])([2H])OC([2H])([2H])c1cc2ccn(C(=O)c3ccccc3)c2nc1Br. The Bertz CT molecular complexity index is 970. The molecule has 0 amide bonds. The highest BCUT2D eigenvalue weighted by atomic mass is 79.9. The number of benzene rings is 1. The Morgan fingerprint density at radius 2 is 2.24 bits per heavy atom. The van der Waals surface area contributed by atoms with Crippen molar-refractivity contribution in [2.75, 3.05) is 7.04 Å². The molecule has 0 saturated carbocycles. The number of rotatable bonds is 3. The van der Waals surface area contributed by atoms with Gasteiger partial charge in [-0.05, 0) is 40.2 Å². The average molecular weight is 350 g/mol. The van der Waals surface area contributed by atoms with Crippen molar-refractivity contribution in [3.8, 4) is 0 Å². The van der Waals surface area contributed by atoms with E-state index in [4.69, 9.17) is 6.85 Å². The minimum absolute atomic E-state index is 0.0556. The highest BCUT2D eigenvalue weighted by Crippen LogP contribution is 2.23. The summed E-state index contributed by atoms with van der Waals surface area (Å²) in [7, 11) is -2.91. The van der Waals surface area contributed by atoms with Gasteiger partial charge in [-0.2, -0.15) is 0 Å². The van der Waals surface area contributed by atoms with Crippen LogP contribution in [0.3, 0.4) is 0 Å². The number of ether oxygens (including phenoxy) is 1. The monoisotopic (exact) mass is 349 g/mol. The van der Waals surface area contributed by atoms with E-state index in [-0.39, 0.29) is 16.1 Å². The lowest BCUT2D eigenvalue weighted by molar-refractivity contribution is 0.0964. The van der Waals surface area contributed by atoms with Gasteiger partial charge in [-0.1, -0.05) is 18.2 Å². The molecule has 106 valence electrons. The van der Waals surface area contributed by atoms with E-state index in [2.05, 4.69) is 25.7 Å². The Kier molecular flexibility index (Phi) is 2.52. The third-order valence-corrected chi connectivity index (χ3v) is 3.62. The number of halogens is 1. The summed E-state index contributed by atoms with van der Waals surface area (Å²) >= 11 is 3.15. The van der Waals surface area contributed by atoms with Crippen LogP contribution in [-0.4, -0.2) is 22.5 Å². The van der Waals surface area contributed by atoms with Crippen molar-refractivity contribution in [2.45, 2.75) is 6.56 Å². The smallest absolute Gasteiger partial charge is 0.263 e. The van der Waals surface area contributed by atoms with Gasteiger partial charge in [0.25, 0.3) is 5.91 Å². The topological polar surface area (TPSA) is 44.1 Å². The van der Waals surface area contributed by atoms with Gasteiger partial charge < -0.3 is 4.74 Å². The van der Waals surface area contributed by atoms with Crippen molar-refractivity contribution in [1.29, 1.82) is 0 Å².